The van der Waals surface area contributed by atoms with Crippen molar-refractivity contribution in [3.05, 3.63) is 24.3 Å². The number of piperidine rings is 1. The Morgan fingerprint density at radius 1 is 1.04 bits per heavy atom. The second-order valence-corrected chi connectivity index (χ2v) is 9.67. The Balaban J connectivity index is 1.94. The maximum Gasteiger partial charge on any atom is 0.264 e. The van der Waals surface area contributed by atoms with Crippen molar-refractivity contribution >= 4 is 33.4 Å². The Bertz CT molecular complexity index is 849. The second-order valence-electron chi connectivity index (χ2n) is 7.99. The van der Waals surface area contributed by atoms with E-state index >= 15 is 0 Å². The van der Waals surface area contributed by atoms with Gasteiger partial charge in [0.2, 0.25) is 17.7 Å². The van der Waals surface area contributed by atoms with Gasteiger partial charge in [-0.25, -0.2) is 13.1 Å². The van der Waals surface area contributed by atoms with Crippen LogP contribution in [0.3, 0.4) is 0 Å². The van der Waals surface area contributed by atoms with E-state index in [9.17, 15) is 22.8 Å². The van der Waals surface area contributed by atoms with E-state index in [2.05, 4.69) is 5.32 Å². The van der Waals surface area contributed by atoms with Crippen molar-refractivity contribution in [3.63, 3.8) is 0 Å². The van der Waals surface area contributed by atoms with Gasteiger partial charge in [0.25, 0.3) is 10.0 Å². The summed E-state index contributed by atoms with van der Waals surface area (Å²) in [6.45, 7) is 7.84. The number of sulfonamides is 1. The molecule has 0 saturated carbocycles. The summed E-state index contributed by atoms with van der Waals surface area (Å²) in [6.07, 6.45) is 1.17. The summed E-state index contributed by atoms with van der Waals surface area (Å²) >= 11 is 0. The molecule has 0 aromatic heterocycles. The third-order valence-electron chi connectivity index (χ3n) is 4.50. The zero-order chi connectivity index (χ0) is 21.1. The van der Waals surface area contributed by atoms with Crippen molar-refractivity contribution in [2.75, 3.05) is 18.4 Å². The Hall–Kier alpha value is -2.42. The number of amides is 3. The van der Waals surface area contributed by atoms with Gasteiger partial charge < -0.3 is 10.2 Å². The fourth-order valence-corrected chi connectivity index (χ4v) is 4.02. The first-order valence-corrected chi connectivity index (χ1v) is 10.6. The van der Waals surface area contributed by atoms with Crippen molar-refractivity contribution in [3.8, 4) is 0 Å². The second kappa shape index (κ2) is 8.30. The van der Waals surface area contributed by atoms with Crippen LogP contribution in [0.15, 0.2) is 29.2 Å². The molecule has 28 heavy (non-hydrogen) atoms. The number of nitrogens with one attached hydrogen (secondary N) is 2. The molecule has 2 rings (SSSR count). The Morgan fingerprint density at radius 2 is 1.57 bits per heavy atom. The molecule has 1 aromatic rings. The van der Waals surface area contributed by atoms with Crippen molar-refractivity contribution in [2.45, 2.75) is 45.4 Å². The lowest BCUT2D eigenvalue weighted by molar-refractivity contribution is -0.142. The van der Waals surface area contributed by atoms with Crippen molar-refractivity contribution in [1.82, 2.24) is 9.62 Å². The van der Waals surface area contributed by atoms with Crippen molar-refractivity contribution in [1.29, 1.82) is 0 Å². The highest BCUT2D eigenvalue weighted by atomic mass is 32.2. The number of hydrogen-bond donors (Lipinski definition) is 2. The molecular formula is C19H27N3O5S. The Kier molecular flexibility index (Phi) is 6.48. The molecule has 3 amide bonds. The molecule has 1 fully saturated rings. The van der Waals surface area contributed by atoms with E-state index in [1.807, 2.05) is 25.5 Å². The van der Waals surface area contributed by atoms with Gasteiger partial charge in [-0.1, -0.05) is 20.8 Å². The molecule has 0 aliphatic carbocycles. The van der Waals surface area contributed by atoms with Gasteiger partial charge in [-0.15, -0.1) is 0 Å². The number of nitrogens with zero attached hydrogens (tertiary/aromatic N) is 1. The summed E-state index contributed by atoms with van der Waals surface area (Å²) in [4.78, 5) is 37.5. The smallest absolute Gasteiger partial charge is 0.264 e. The lowest BCUT2D eigenvalue weighted by atomic mass is 9.90. The molecule has 1 heterocycles. The monoisotopic (exact) mass is 409 g/mol. The lowest BCUT2D eigenvalue weighted by Gasteiger charge is -2.35. The van der Waals surface area contributed by atoms with Gasteiger partial charge in [0.15, 0.2) is 0 Å². The zero-order valence-corrected chi connectivity index (χ0v) is 17.4. The molecular weight excluding hydrogens is 382 g/mol. The maximum absolute atomic E-state index is 12.5. The van der Waals surface area contributed by atoms with E-state index < -0.39 is 21.3 Å². The van der Waals surface area contributed by atoms with Crippen LogP contribution in [-0.2, 0) is 24.4 Å². The minimum atomic E-state index is -3.90. The first-order valence-electron chi connectivity index (χ1n) is 9.14. The van der Waals surface area contributed by atoms with E-state index in [-0.39, 0.29) is 22.6 Å². The van der Waals surface area contributed by atoms with Crippen molar-refractivity contribution < 1.29 is 22.8 Å². The molecule has 9 heteroatoms. The molecule has 0 bridgehead atoms. The van der Waals surface area contributed by atoms with E-state index in [0.717, 1.165) is 6.92 Å². The molecule has 0 spiro atoms. The van der Waals surface area contributed by atoms with Crippen LogP contribution in [0.5, 0.6) is 0 Å². The maximum atomic E-state index is 12.5. The van der Waals surface area contributed by atoms with Crippen molar-refractivity contribution in [2.24, 2.45) is 11.3 Å². The Morgan fingerprint density at radius 3 is 2.04 bits per heavy atom. The number of rotatable bonds is 4. The van der Waals surface area contributed by atoms with Crippen LogP contribution in [0.25, 0.3) is 0 Å². The highest BCUT2D eigenvalue weighted by Crippen LogP contribution is 2.24. The van der Waals surface area contributed by atoms with Gasteiger partial charge in [-0.3, -0.25) is 14.4 Å². The van der Waals surface area contributed by atoms with Crippen LogP contribution in [0.2, 0.25) is 0 Å². The molecule has 8 nitrogen and oxygen atoms in total. The number of carbonyl (C=O) groups excluding carboxylic acids is 3. The van der Waals surface area contributed by atoms with E-state index in [4.69, 9.17) is 0 Å². The van der Waals surface area contributed by atoms with E-state index in [1.165, 1.54) is 24.3 Å². The highest BCUT2D eigenvalue weighted by Gasteiger charge is 2.32. The number of likely N-dealkylation sites (tertiary alicyclic amines) is 1. The summed E-state index contributed by atoms with van der Waals surface area (Å²) in [5.74, 6) is -0.942. The van der Waals surface area contributed by atoms with Crippen LogP contribution >= 0.6 is 0 Å². The molecule has 1 aliphatic rings. The summed E-state index contributed by atoms with van der Waals surface area (Å²) in [5.41, 5.74) is 0.0361. The number of benzene rings is 1. The molecule has 2 N–H and O–H groups in total. The van der Waals surface area contributed by atoms with E-state index in [1.54, 1.807) is 4.90 Å². The predicted molar refractivity (Wildman–Crippen MR) is 105 cm³/mol. The first-order chi connectivity index (χ1) is 12.9. The molecule has 0 atom stereocenters. The van der Waals surface area contributed by atoms with E-state index in [0.29, 0.717) is 31.6 Å². The average Bonchev–Trinajstić information content (AvgIpc) is 2.60. The highest BCUT2D eigenvalue weighted by molar-refractivity contribution is 7.90. The predicted octanol–water partition coefficient (Wildman–Crippen LogP) is 1.73. The minimum Gasteiger partial charge on any atom is -0.342 e. The number of carbonyl (C=O) groups is 3. The average molecular weight is 410 g/mol. The van der Waals surface area contributed by atoms with Gasteiger partial charge in [-0.05, 0) is 37.1 Å². The standard InChI is InChI=1S/C19H27N3O5S/c1-13(23)21-28(26,27)16-7-5-15(6-8-16)20-17(24)14-9-11-22(12-10-14)18(25)19(2,3)4/h5-8,14H,9-12H2,1-4H3,(H,20,24)(H,21,23). The summed E-state index contributed by atoms with van der Waals surface area (Å²) in [5, 5.41) is 2.78. The molecule has 1 saturated heterocycles. The summed E-state index contributed by atoms with van der Waals surface area (Å²) in [6, 6.07) is 5.60. The quantitative estimate of drug-likeness (QED) is 0.786. The first kappa shape index (κ1) is 21.9. The number of hydrogen-bond acceptors (Lipinski definition) is 5. The third-order valence-corrected chi connectivity index (χ3v) is 5.95. The Labute approximate surface area is 165 Å². The minimum absolute atomic E-state index is 0.0605. The zero-order valence-electron chi connectivity index (χ0n) is 16.6. The van der Waals surface area contributed by atoms with Gasteiger partial charge >= 0.3 is 0 Å². The van der Waals surface area contributed by atoms with Gasteiger partial charge in [0.05, 0.1) is 4.90 Å². The normalized spacial score (nSPS) is 15.8. The fraction of sp³-hybridized carbons (Fsp3) is 0.526. The fourth-order valence-electron chi connectivity index (χ4n) is 3.03. The van der Waals surface area contributed by atoms with Gasteiger partial charge in [0, 0.05) is 37.0 Å². The molecule has 1 aromatic carbocycles. The third kappa shape index (κ3) is 5.54. The largest absolute Gasteiger partial charge is 0.342 e. The molecule has 154 valence electrons. The van der Waals surface area contributed by atoms with Crippen LogP contribution in [0, 0.1) is 11.3 Å². The molecule has 0 radical (unpaired) electrons. The molecule has 1 aliphatic heterocycles. The van der Waals surface area contributed by atoms with Crippen LogP contribution in [0.1, 0.15) is 40.5 Å². The summed E-state index contributed by atoms with van der Waals surface area (Å²) < 4.78 is 25.7. The van der Waals surface area contributed by atoms with Crippen LogP contribution < -0.4 is 10.0 Å². The van der Waals surface area contributed by atoms with Gasteiger partial charge in [-0.2, -0.15) is 0 Å². The lowest BCUT2D eigenvalue weighted by Crippen LogP contribution is -2.45. The number of anilines is 1. The summed E-state index contributed by atoms with van der Waals surface area (Å²) in [7, 11) is -3.90. The topological polar surface area (TPSA) is 113 Å². The van der Waals surface area contributed by atoms with Crippen LogP contribution in [-0.4, -0.2) is 44.1 Å². The van der Waals surface area contributed by atoms with Gasteiger partial charge in [0.1, 0.15) is 0 Å². The SMILES string of the molecule is CC(=O)NS(=O)(=O)c1ccc(NC(=O)C2CCN(C(=O)C(C)(C)C)CC2)cc1. The molecule has 0 unspecified atom stereocenters. The van der Waals surface area contributed by atoms with Crippen LogP contribution in [0.4, 0.5) is 5.69 Å².